The molecule has 0 aromatic carbocycles. The predicted octanol–water partition coefficient (Wildman–Crippen LogP) is 4.62. The lowest BCUT2D eigenvalue weighted by atomic mass is 10.2. The highest BCUT2D eigenvalue weighted by molar-refractivity contribution is 9.10. The molecule has 3 heterocycles. The van der Waals surface area contributed by atoms with Gasteiger partial charge in [-0.15, -0.1) is 41.2 Å². The third-order valence-corrected chi connectivity index (χ3v) is 6.39. The lowest BCUT2D eigenvalue weighted by molar-refractivity contribution is 0.155. The molecule has 0 aliphatic rings. The van der Waals surface area contributed by atoms with Crippen molar-refractivity contribution in [3.05, 3.63) is 32.1 Å². The maximum Gasteiger partial charge on any atom is 0.273 e. The van der Waals surface area contributed by atoms with Crippen LogP contribution in [-0.4, -0.2) is 33.3 Å². The second kappa shape index (κ2) is 10.5. The van der Waals surface area contributed by atoms with Gasteiger partial charge in [-0.1, -0.05) is 0 Å². The normalized spacial score (nSPS) is 10.7. The third-order valence-electron chi connectivity index (χ3n) is 3.82. The minimum absolute atomic E-state index is 0. The first-order valence-corrected chi connectivity index (χ1v) is 9.30. The first-order chi connectivity index (χ1) is 12.0. The van der Waals surface area contributed by atoms with Crippen molar-refractivity contribution in [2.24, 2.45) is 5.73 Å². The van der Waals surface area contributed by atoms with E-state index in [2.05, 4.69) is 36.1 Å². The summed E-state index contributed by atoms with van der Waals surface area (Å²) < 4.78 is 26.8. The summed E-state index contributed by atoms with van der Waals surface area (Å²) in [4.78, 5) is 10.6. The van der Waals surface area contributed by atoms with Crippen LogP contribution in [0.3, 0.4) is 0 Å². The topological polar surface area (TPSA) is 83.7 Å². The van der Waals surface area contributed by atoms with E-state index in [1.165, 1.54) is 0 Å². The number of thiophene rings is 1. The van der Waals surface area contributed by atoms with E-state index in [4.69, 9.17) is 5.73 Å². The van der Waals surface area contributed by atoms with Gasteiger partial charge in [0.05, 0.1) is 23.1 Å². The number of fused-ring (bicyclic) bond motifs is 1. The predicted molar refractivity (Wildman–Crippen MR) is 113 cm³/mol. The van der Waals surface area contributed by atoms with E-state index in [1.807, 2.05) is 11.8 Å². The van der Waals surface area contributed by atoms with Gasteiger partial charge in [-0.3, -0.25) is 0 Å². The summed E-state index contributed by atoms with van der Waals surface area (Å²) in [7, 11) is 0. The summed E-state index contributed by atoms with van der Waals surface area (Å²) in [6, 6.07) is 1.79. The Labute approximate surface area is 179 Å². The summed E-state index contributed by atoms with van der Waals surface area (Å²) >= 11 is 4.40. The van der Waals surface area contributed by atoms with Crippen molar-refractivity contribution in [1.82, 2.24) is 20.2 Å². The molecule has 0 saturated carbocycles. The van der Waals surface area contributed by atoms with Gasteiger partial charge in [-0.2, -0.15) is 10.1 Å². The zero-order valence-corrected chi connectivity index (χ0v) is 18.3. The molecule has 0 amide bonds. The molecule has 0 unspecified atom stereocenters. The second-order valence-corrected chi connectivity index (χ2v) is 7.45. The van der Waals surface area contributed by atoms with Crippen LogP contribution in [0.15, 0.2) is 16.7 Å². The zero-order chi connectivity index (χ0) is 18.0. The average Bonchev–Trinajstić information content (AvgIpc) is 3.14. The Balaban J connectivity index is 0.00000182. The fourth-order valence-corrected chi connectivity index (χ4v) is 4.33. The van der Waals surface area contributed by atoms with E-state index in [0.29, 0.717) is 35.7 Å². The van der Waals surface area contributed by atoms with Gasteiger partial charge >= 0.3 is 0 Å². The molecule has 0 fully saturated rings. The van der Waals surface area contributed by atoms with Crippen molar-refractivity contribution < 1.29 is 8.78 Å². The van der Waals surface area contributed by atoms with Crippen molar-refractivity contribution in [1.29, 1.82) is 0 Å². The highest BCUT2D eigenvalue weighted by atomic mass is 79.9. The molecule has 0 spiro atoms. The number of anilines is 1. The average molecular weight is 504 g/mol. The molecule has 0 atom stereocenters. The van der Waals surface area contributed by atoms with Crippen LogP contribution in [0, 0.1) is 6.92 Å². The van der Waals surface area contributed by atoms with Gasteiger partial charge in [0, 0.05) is 15.9 Å². The second-order valence-electron chi connectivity index (χ2n) is 5.52. The number of nitrogens with one attached hydrogen (secondary N) is 1. The van der Waals surface area contributed by atoms with E-state index in [0.717, 1.165) is 33.7 Å². The first kappa shape index (κ1) is 24.0. The van der Waals surface area contributed by atoms with E-state index in [-0.39, 0.29) is 29.7 Å². The van der Waals surface area contributed by atoms with Gasteiger partial charge in [0.25, 0.3) is 6.43 Å². The maximum absolute atomic E-state index is 13.1. The molecule has 6 nitrogen and oxygen atoms in total. The quantitative estimate of drug-likeness (QED) is 0.491. The fourth-order valence-electron chi connectivity index (χ4n) is 2.47. The smallest absolute Gasteiger partial charge is 0.273 e. The standard InChI is InChI=1S/C15H17BrF2N6S.2ClH/c1-8-10(25-12(11(8)16)13(17)18)7-24(6-2-4-19)15-21-9-3-5-20-23-14(9)22-15;;/h3,5,13H,2,4,6-7,19H2,1H3,(H,21,22,23);2*1H. The molecule has 3 N–H and O–H groups in total. The number of hydrogen-bond acceptors (Lipinski definition) is 6. The molecule has 0 radical (unpaired) electrons. The summed E-state index contributed by atoms with van der Waals surface area (Å²) in [6.07, 6.45) is -0.147. The molecule has 0 bridgehead atoms. The number of aromatic amines is 1. The Hall–Kier alpha value is -1.07. The van der Waals surface area contributed by atoms with Gasteiger partial charge in [-0.25, -0.2) is 8.78 Å². The van der Waals surface area contributed by atoms with Crippen molar-refractivity contribution in [2.45, 2.75) is 26.3 Å². The molecule has 0 aliphatic carbocycles. The first-order valence-electron chi connectivity index (χ1n) is 7.69. The largest absolute Gasteiger partial charge is 0.337 e. The van der Waals surface area contributed by atoms with Crippen molar-refractivity contribution >= 4 is 69.2 Å². The number of nitrogens with zero attached hydrogens (tertiary/aromatic N) is 4. The van der Waals surface area contributed by atoms with Gasteiger partial charge < -0.3 is 15.6 Å². The summed E-state index contributed by atoms with van der Waals surface area (Å²) in [5, 5.41) is 7.80. The Bertz CT molecular complexity index is 842. The minimum atomic E-state index is -2.49. The van der Waals surface area contributed by atoms with Crippen LogP contribution in [-0.2, 0) is 6.54 Å². The number of H-pyrrole nitrogens is 1. The number of alkyl halides is 2. The Kier molecular flexibility index (Phi) is 9.29. The van der Waals surface area contributed by atoms with E-state index in [1.54, 1.807) is 12.3 Å². The van der Waals surface area contributed by atoms with Crippen LogP contribution in [0.4, 0.5) is 14.7 Å². The number of imidazole rings is 1. The van der Waals surface area contributed by atoms with E-state index < -0.39 is 6.43 Å². The third kappa shape index (κ3) is 5.26. The van der Waals surface area contributed by atoms with E-state index >= 15 is 0 Å². The van der Waals surface area contributed by atoms with Gasteiger partial charge in [-0.05, 0) is 47.4 Å². The molecule has 27 heavy (non-hydrogen) atoms. The van der Waals surface area contributed by atoms with Crippen LogP contribution >= 0.6 is 52.1 Å². The maximum atomic E-state index is 13.1. The molecule has 3 aromatic rings. The van der Waals surface area contributed by atoms with Crippen molar-refractivity contribution in [2.75, 3.05) is 18.0 Å². The monoisotopic (exact) mass is 502 g/mol. The van der Waals surface area contributed by atoms with Crippen molar-refractivity contribution in [3.8, 4) is 0 Å². The van der Waals surface area contributed by atoms with Crippen LogP contribution in [0.2, 0.25) is 0 Å². The van der Waals surface area contributed by atoms with Crippen LogP contribution in [0.1, 0.15) is 28.2 Å². The molecular formula is C15H19BrCl2F2N6S. The van der Waals surface area contributed by atoms with Crippen LogP contribution in [0.5, 0.6) is 0 Å². The number of halogens is 5. The number of aromatic nitrogens is 4. The SMILES string of the molecule is Cc1c(CN(CCCN)c2nc3nnccc3[nH]2)sc(C(F)F)c1Br.Cl.Cl. The number of nitrogens with two attached hydrogens (primary N) is 1. The number of rotatable bonds is 7. The molecule has 0 aliphatic heterocycles. The highest BCUT2D eigenvalue weighted by Gasteiger charge is 2.22. The minimum Gasteiger partial charge on any atom is -0.337 e. The Morgan fingerprint density at radius 2 is 2.11 bits per heavy atom. The van der Waals surface area contributed by atoms with E-state index in [9.17, 15) is 8.78 Å². The molecule has 3 aromatic heterocycles. The lowest BCUT2D eigenvalue weighted by Gasteiger charge is -2.21. The van der Waals surface area contributed by atoms with Gasteiger partial charge in [0.1, 0.15) is 0 Å². The summed E-state index contributed by atoms with van der Waals surface area (Å²) in [6.45, 7) is 3.50. The highest BCUT2D eigenvalue weighted by Crippen LogP contribution is 2.39. The molecule has 3 rings (SSSR count). The molecular weight excluding hydrogens is 485 g/mol. The fraction of sp³-hybridized carbons (Fsp3) is 0.400. The van der Waals surface area contributed by atoms with Crippen LogP contribution in [0.25, 0.3) is 11.2 Å². The van der Waals surface area contributed by atoms with Gasteiger partial charge in [0.15, 0.2) is 0 Å². The summed E-state index contributed by atoms with van der Waals surface area (Å²) in [5.41, 5.74) is 7.76. The molecule has 0 saturated heterocycles. The molecule has 150 valence electrons. The summed E-state index contributed by atoms with van der Waals surface area (Å²) in [5.74, 6) is 0.631. The molecule has 12 heteroatoms. The van der Waals surface area contributed by atoms with Crippen LogP contribution < -0.4 is 10.6 Å². The number of hydrogen-bond donors (Lipinski definition) is 2. The van der Waals surface area contributed by atoms with Crippen molar-refractivity contribution in [3.63, 3.8) is 0 Å². The lowest BCUT2D eigenvalue weighted by Crippen LogP contribution is -2.26. The Morgan fingerprint density at radius 1 is 1.37 bits per heavy atom. The zero-order valence-electron chi connectivity index (χ0n) is 14.3. The van der Waals surface area contributed by atoms with Gasteiger partial charge in [0.2, 0.25) is 11.6 Å². The Morgan fingerprint density at radius 3 is 2.70 bits per heavy atom.